The van der Waals surface area contributed by atoms with E-state index in [9.17, 15) is 9.59 Å². The molecule has 0 radical (unpaired) electrons. The molecule has 1 heterocycles. The summed E-state index contributed by atoms with van der Waals surface area (Å²) in [7, 11) is 1.57. The van der Waals surface area contributed by atoms with Crippen LogP contribution in [-0.4, -0.2) is 30.6 Å². The predicted molar refractivity (Wildman–Crippen MR) is 115 cm³/mol. The molecule has 0 unspecified atom stereocenters. The van der Waals surface area contributed by atoms with Crippen LogP contribution in [0.25, 0.3) is 0 Å². The van der Waals surface area contributed by atoms with E-state index in [-0.39, 0.29) is 24.1 Å². The highest BCUT2D eigenvalue weighted by molar-refractivity contribution is 6.04. The Bertz CT molecular complexity index is 1010. The zero-order valence-electron chi connectivity index (χ0n) is 17.7. The van der Waals surface area contributed by atoms with Crippen LogP contribution in [0.1, 0.15) is 40.5 Å². The van der Waals surface area contributed by atoms with Crippen LogP contribution in [0, 0.1) is 5.92 Å². The average Bonchev–Trinajstić information content (AvgIpc) is 3.26. The number of nitrogens with one attached hydrogen (secondary N) is 2. The van der Waals surface area contributed by atoms with Gasteiger partial charge in [0.2, 0.25) is 0 Å². The van der Waals surface area contributed by atoms with Crippen LogP contribution in [0.2, 0.25) is 0 Å². The second-order valence-corrected chi connectivity index (χ2v) is 7.28. The molecular formula is C23H25N3O5. The molecule has 0 aliphatic heterocycles. The van der Waals surface area contributed by atoms with Crippen LogP contribution in [-0.2, 0) is 6.61 Å². The van der Waals surface area contributed by atoms with Gasteiger partial charge in [0.25, 0.3) is 11.8 Å². The van der Waals surface area contributed by atoms with Gasteiger partial charge in [-0.15, -0.1) is 0 Å². The number of hydrogen-bond donors (Lipinski definition) is 2. The van der Waals surface area contributed by atoms with Crippen LogP contribution in [0.15, 0.2) is 59.1 Å². The number of ether oxygens (including phenoxy) is 2. The quantitative estimate of drug-likeness (QED) is 0.541. The third-order valence-electron chi connectivity index (χ3n) is 4.31. The lowest BCUT2D eigenvalue weighted by molar-refractivity contribution is 0.0939. The molecule has 0 aliphatic carbocycles. The highest BCUT2D eigenvalue weighted by atomic mass is 16.5. The molecule has 2 amide bonds. The van der Waals surface area contributed by atoms with Gasteiger partial charge in [-0.1, -0.05) is 19.0 Å². The summed E-state index contributed by atoms with van der Waals surface area (Å²) in [5, 5.41) is 9.38. The van der Waals surface area contributed by atoms with Crippen molar-refractivity contribution in [1.82, 2.24) is 10.5 Å². The Hall–Kier alpha value is -3.81. The number of hydrogen-bond acceptors (Lipinski definition) is 6. The van der Waals surface area contributed by atoms with Crippen molar-refractivity contribution in [2.24, 2.45) is 5.92 Å². The number of amides is 2. The largest absolute Gasteiger partial charge is 0.497 e. The van der Waals surface area contributed by atoms with E-state index < -0.39 is 0 Å². The number of carbonyl (C=O) groups excluding carboxylic acids is 2. The highest BCUT2D eigenvalue weighted by Gasteiger charge is 2.13. The summed E-state index contributed by atoms with van der Waals surface area (Å²) in [4.78, 5) is 24.3. The van der Waals surface area contributed by atoms with E-state index in [2.05, 4.69) is 15.8 Å². The second-order valence-electron chi connectivity index (χ2n) is 7.28. The van der Waals surface area contributed by atoms with E-state index in [1.807, 2.05) is 13.8 Å². The third-order valence-corrected chi connectivity index (χ3v) is 4.31. The molecule has 3 aromatic rings. The van der Waals surface area contributed by atoms with Crippen LogP contribution in [0.3, 0.4) is 0 Å². The van der Waals surface area contributed by atoms with Crippen LogP contribution in [0.5, 0.6) is 11.5 Å². The van der Waals surface area contributed by atoms with E-state index in [0.29, 0.717) is 41.0 Å². The number of benzene rings is 2. The minimum atomic E-state index is -0.277. The molecule has 0 bridgehead atoms. The number of methoxy groups -OCH3 is 1. The van der Waals surface area contributed by atoms with E-state index in [0.717, 1.165) is 0 Å². The number of carbonyl (C=O) groups is 2. The lowest BCUT2D eigenvalue weighted by Gasteiger charge is -2.08. The molecule has 0 saturated heterocycles. The van der Waals surface area contributed by atoms with Gasteiger partial charge in [-0.05, 0) is 54.4 Å². The highest BCUT2D eigenvalue weighted by Crippen LogP contribution is 2.19. The predicted octanol–water partition coefficient (Wildman–Crippen LogP) is 3.90. The van der Waals surface area contributed by atoms with E-state index in [1.165, 1.54) is 0 Å². The monoisotopic (exact) mass is 423 g/mol. The first-order valence-electron chi connectivity index (χ1n) is 9.86. The molecule has 0 aliphatic rings. The Morgan fingerprint density at radius 1 is 1.00 bits per heavy atom. The molecule has 2 N–H and O–H groups in total. The molecule has 31 heavy (non-hydrogen) atoms. The first-order valence-corrected chi connectivity index (χ1v) is 9.86. The fourth-order valence-corrected chi connectivity index (χ4v) is 2.61. The Kier molecular flexibility index (Phi) is 7.26. The number of nitrogens with zero attached hydrogens (tertiary/aromatic N) is 1. The first-order chi connectivity index (χ1) is 14.9. The normalized spacial score (nSPS) is 10.6. The average molecular weight is 423 g/mol. The molecule has 8 nitrogen and oxygen atoms in total. The maximum absolute atomic E-state index is 12.3. The Labute approximate surface area is 180 Å². The second kappa shape index (κ2) is 10.3. The topological polar surface area (TPSA) is 103 Å². The molecule has 1 aromatic heterocycles. The van der Waals surface area contributed by atoms with Crippen LogP contribution in [0.4, 0.5) is 5.69 Å². The fourth-order valence-electron chi connectivity index (χ4n) is 2.61. The summed E-state index contributed by atoms with van der Waals surface area (Å²) in [6.45, 7) is 4.72. The molecule has 8 heteroatoms. The van der Waals surface area contributed by atoms with Crippen LogP contribution >= 0.6 is 0 Å². The Morgan fingerprint density at radius 3 is 2.32 bits per heavy atom. The van der Waals surface area contributed by atoms with Crippen molar-refractivity contribution in [1.29, 1.82) is 0 Å². The standard InChI is InChI=1S/C23H25N3O5/c1-15(2)13-24-23(28)21-12-20(31-26-21)14-30-19-10-6-17(7-11-19)25-22(27)16-4-8-18(29-3)9-5-16/h4-12,15H,13-14H2,1-3H3,(H,24,28)(H,25,27). The molecule has 3 rings (SSSR count). The Morgan fingerprint density at radius 2 is 1.68 bits per heavy atom. The molecule has 0 spiro atoms. The van der Waals surface area contributed by atoms with Crippen LogP contribution < -0.4 is 20.1 Å². The summed E-state index contributed by atoms with van der Waals surface area (Å²) < 4.78 is 15.9. The van der Waals surface area contributed by atoms with Crippen molar-refractivity contribution in [3.63, 3.8) is 0 Å². The first kappa shape index (κ1) is 21.9. The van der Waals surface area contributed by atoms with Gasteiger partial charge in [0.15, 0.2) is 11.5 Å². The maximum atomic E-state index is 12.3. The van der Waals surface area contributed by atoms with Crippen molar-refractivity contribution < 1.29 is 23.6 Å². The number of aromatic nitrogens is 1. The summed E-state index contributed by atoms with van der Waals surface area (Å²) in [5.74, 6) is 1.56. The summed E-state index contributed by atoms with van der Waals surface area (Å²) in [6.07, 6.45) is 0. The van der Waals surface area contributed by atoms with Crippen molar-refractivity contribution in [2.45, 2.75) is 20.5 Å². The van der Waals surface area contributed by atoms with Gasteiger partial charge in [-0.3, -0.25) is 9.59 Å². The molecule has 0 fully saturated rings. The summed E-state index contributed by atoms with van der Waals surface area (Å²) in [5.41, 5.74) is 1.38. The van der Waals surface area contributed by atoms with Gasteiger partial charge in [0.05, 0.1) is 7.11 Å². The van der Waals surface area contributed by atoms with Crippen molar-refractivity contribution >= 4 is 17.5 Å². The molecule has 2 aromatic carbocycles. The van der Waals surface area contributed by atoms with Gasteiger partial charge in [0.1, 0.15) is 18.1 Å². The van der Waals surface area contributed by atoms with Crippen molar-refractivity contribution in [3.8, 4) is 11.5 Å². The molecule has 162 valence electrons. The lowest BCUT2D eigenvalue weighted by atomic mass is 10.2. The van der Waals surface area contributed by atoms with E-state index >= 15 is 0 Å². The number of rotatable bonds is 9. The third kappa shape index (κ3) is 6.33. The molecule has 0 saturated carbocycles. The Balaban J connectivity index is 1.50. The summed E-state index contributed by atoms with van der Waals surface area (Å²) >= 11 is 0. The lowest BCUT2D eigenvalue weighted by Crippen LogP contribution is -2.27. The molecular weight excluding hydrogens is 398 g/mol. The van der Waals surface area contributed by atoms with Crippen molar-refractivity contribution in [3.05, 3.63) is 71.6 Å². The SMILES string of the molecule is COc1ccc(C(=O)Nc2ccc(OCc3cc(C(=O)NCC(C)C)no3)cc2)cc1. The number of anilines is 1. The zero-order valence-corrected chi connectivity index (χ0v) is 17.7. The van der Waals surface area contributed by atoms with Gasteiger partial charge in [-0.2, -0.15) is 0 Å². The van der Waals surface area contributed by atoms with Gasteiger partial charge >= 0.3 is 0 Å². The van der Waals surface area contributed by atoms with Gasteiger partial charge in [0, 0.05) is 23.9 Å². The van der Waals surface area contributed by atoms with Crippen molar-refractivity contribution in [2.75, 3.05) is 19.0 Å². The zero-order chi connectivity index (χ0) is 22.2. The van der Waals surface area contributed by atoms with Gasteiger partial charge < -0.3 is 24.6 Å². The fraction of sp³-hybridized carbons (Fsp3) is 0.261. The van der Waals surface area contributed by atoms with E-state index in [4.69, 9.17) is 14.0 Å². The van der Waals surface area contributed by atoms with Gasteiger partial charge in [-0.25, -0.2) is 0 Å². The minimum Gasteiger partial charge on any atom is -0.497 e. The maximum Gasteiger partial charge on any atom is 0.273 e. The summed E-state index contributed by atoms with van der Waals surface area (Å²) in [6, 6.07) is 15.3. The smallest absolute Gasteiger partial charge is 0.273 e. The van der Waals surface area contributed by atoms with E-state index in [1.54, 1.807) is 61.7 Å². The molecule has 0 atom stereocenters. The minimum absolute atomic E-state index is 0.127.